The van der Waals surface area contributed by atoms with Gasteiger partial charge >= 0.3 is 0 Å². The molecule has 4 rings (SSSR count). The van der Waals surface area contributed by atoms with Crippen molar-refractivity contribution in [2.24, 2.45) is 0 Å². The highest BCUT2D eigenvalue weighted by molar-refractivity contribution is 6.00. The summed E-state index contributed by atoms with van der Waals surface area (Å²) in [5.41, 5.74) is 9.39. The Kier molecular flexibility index (Phi) is 5.90. The predicted octanol–water partition coefficient (Wildman–Crippen LogP) is 2.53. The average Bonchev–Trinajstić information content (AvgIpc) is 3.19. The van der Waals surface area contributed by atoms with Gasteiger partial charge in [0.1, 0.15) is 6.61 Å². The standard InChI is InChI=1S/C23H30N4O2/c1-26-12-13-29-22-20(14-18(24)15-21(22)26)23(28)25-16-19-8-5-10-27(19)11-9-17-6-3-2-4-7-17/h2-4,6-7,14-15,19H,5,8-13,16,24H2,1H3,(H,25,28)/t19-/m0/s1. The second-order valence-corrected chi connectivity index (χ2v) is 7.96. The average molecular weight is 395 g/mol. The van der Waals surface area contributed by atoms with Crippen LogP contribution in [-0.2, 0) is 6.42 Å². The molecule has 29 heavy (non-hydrogen) atoms. The molecular weight excluding hydrogens is 364 g/mol. The van der Waals surface area contributed by atoms with Crippen LogP contribution >= 0.6 is 0 Å². The molecule has 0 aliphatic carbocycles. The number of carbonyl (C=O) groups excluding carboxylic acids is 1. The van der Waals surface area contributed by atoms with Gasteiger partial charge in [0.2, 0.25) is 0 Å². The SMILES string of the molecule is CN1CCOc2c(C(=O)NC[C@@H]3CCCN3CCc3ccccc3)cc(N)cc21. The summed E-state index contributed by atoms with van der Waals surface area (Å²) in [5.74, 6) is 0.525. The summed E-state index contributed by atoms with van der Waals surface area (Å²) < 4.78 is 5.81. The molecule has 1 fully saturated rings. The molecule has 0 radical (unpaired) electrons. The molecule has 6 nitrogen and oxygen atoms in total. The number of benzene rings is 2. The van der Waals surface area contributed by atoms with Gasteiger partial charge in [-0.1, -0.05) is 30.3 Å². The highest BCUT2D eigenvalue weighted by Gasteiger charge is 2.27. The van der Waals surface area contributed by atoms with E-state index in [9.17, 15) is 4.79 Å². The first kappa shape index (κ1) is 19.6. The van der Waals surface area contributed by atoms with Crippen LogP contribution in [0.4, 0.5) is 11.4 Å². The number of fused-ring (bicyclic) bond motifs is 1. The molecule has 0 unspecified atom stereocenters. The van der Waals surface area contributed by atoms with E-state index in [1.165, 1.54) is 12.0 Å². The third-order valence-electron chi connectivity index (χ3n) is 5.95. The van der Waals surface area contributed by atoms with Crippen LogP contribution < -0.4 is 20.7 Å². The molecule has 0 spiro atoms. The van der Waals surface area contributed by atoms with Gasteiger partial charge in [-0.2, -0.15) is 0 Å². The number of hydrogen-bond donors (Lipinski definition) is 2. The first-order valence-electron chi connectivity index (χ1n) is 10.5. The molecule has 1 amide bonds. The molecule has 2 aromatic rings. The zero-order chi connectivity index (χ0) is 20.2. The van der Waals surface area contributed by atoms with E-state index in [1.54, 1.807) is 6.07 Å². The topological polar surface area (TPSA) is 70.8 Å². The molecule has 6 heteroatoms. The quantitative estimate of drug-likeness (QED) is 0.737. The number of likely N-dealkylation sites (tertiary alicyclic amines) is 1. The smallest absolute Gasteiger partial charge is 0.255 e. The Hall–Kier alpha value is -2.73. The van der Waals surface area contributed by atoms with Crippen LogP contribution in [0.2, 0.25) is 0 Å². The van der Waals surface area contributed by atoms with Crippen molar-refractivity contribution in [1.29, 1.82) is 0 Å². The number of nitrogens with one attached hydrogen (secondary N) is 1. The van der Waals surface area contributed by atoms with Crippen molar-refractivity contribution >= 4 is 17.3 Å². The van der Waals surface area contributed by atoms with Crippen molar-refractivity contribution in [3.63, 3.8) is 0 Å². The van der Waals surface area contributed by atoms with Gasteiger partial charge in [-0.05, 0) is 43.5 Å². The van der Waals surface area contributed by atoms with E-state index >= 15 is 0 Å². The molecular formula is C23H30N4O2. The Morgan fingerprint density at radius 1 is 1.24 bits per heavy atom. The number of amides is 1. The van der Waals surface area contributed by atoms with Crippen LogP contribution in [0.3, 0.4) is 0 Å². The van der Waals surface area contributed by atoms with Gasteiger partial charge in [0.05, 0.1) is 17.8 Å². The zero-order valence-corrected chi connectivity index (χ0v) is 17.1. The maximum Gasteiger partial charge on any atom is 0.255 e. The minimum Gasteiger partial charge on any atom is -0.489 e. The Bertz CT molecular complexity index is 855. The summed E-state index contributed by atoms with van der Waals surface area (Å²) >= 11 is 0. The number of hydrogen-bond acceptors (Lipinski definition) is 5. The highest BCUT2D eigenvalue weighted by atomic mass is 16.5. The number of nitrogens with two attached hydrogens (primary N) is 1. The normalized spacial score (nSPS) is 18.9. The number of anilines is 2. The fourth-order valence-electron chi connectivity index (χ4n) is 4.29. The summed E-state index contributed by atoms with van der Waals surface area (Å²) in [4.78, 5) is 17.5. The van der Waals surface area contributed by atoms with E-state index in [0.717, 1.165) is 38.2 Å². The second kappa shape index (κ2) is 8.74. The Balaban J connectivity index is 1.38. The van der Waals surface area contributed by atoms with Crippen LogP contribution in [-0.4, -0.2) is 56.7 Å². The van der Waals surface area contributed by atoms with E-state index in [2.05, 4.69) is 39.4 Å². The van der Waals surface area contributed by atoms with Gasteiger partial charge in [0.25, 0.3) is 5.91 Å². The van der Waals surface area contributed by atoms with Crippen LogP contribution in [0.1, 0.15) is 28.8 Å². The molecule has 0 aromatic heterocycles. The molecule has 0 bridgehead atoms. The fraction of sp³-hybridized carbons (Fsp3) is 0.435. The van der Waals surface area contributed by atoms with Crippen LogP contribution in [0.15, 0.2) is 42.5 Å². The molecule has 3 N–H and O–H groups in total. The van der Waals surface area contributed by atoms with E-state index in [4.69, 9.17) is 10.5 Å². The predicted molar refractivity (Wildman–Crippen MR) is 117 cm³/mol. The van der Waals surface area contributed by atoms with Crippen molar-refractivity contribution in [3.05, 3.63) is 53.6 Å². The van der Waals surface area contributed by atoms with E-state index in [1.807, 2.05) is 19.2 Å². The molecule has 2 heterocycles. The van der Waals surface area contributed by atoms with E-state index in [-0.39, 0.29) is 5.91 Å². The highest BCUT2D eigenvalue weighted by Crippen LogP contribution is 2.36. The number of nitrogens with zero attached hydrogens (tertiary/aromatic N) is 2. The van der Waals surface area contributed by atoms with Crippen molar-refractivity contribution in [2.75, 3.05) is 50.5 Å². The van der Waals surface area contributed by atoms with Gasteiger partial charge < -0.3 is 20.7 Å². The molecule has 2 aromatic carbocycles. The first-order valence-corrected chi connectivity index (χ1v) is 10.5. The Morgan fingerprint density at radius 3 is 2.90 bits per heavy atom. The molecule has 2 aliphatic rings. The summed E-state index contributed by atoms with van der Waals surface area (Å²) in [5, 5.41) is 3.13. The largest absolute Gasteiger partial charge is 0.489 e. The number of likely N-dealkylation sites (N-methyl/N-ethyl adjacent to an activating group) is 1. The van der Waals surface area contributed by atoms with E-state index < -0.39 is 0 Å². The molecule has 1 saturated heterocycles. The molecule has 154 valence electrons. The van der Waals surface area contributed by atoms with Gasteiger partial charge in [0, 0.05) is 31.9 Å². The van der Waals surface area contributed by atoms with Gasteiger partial charge in [-0.15, -0.1) is 0 Å². The van der Waals surface area contributed by atoms with Crippen LogP contribution in [0.25, 0.3) is 0 Å². The monoisotopic (exact) mass is 394 g/mol. The van der Waals surface area contributed by atoms with Crippen LogP contribution in [0.5, 0.6) is 5.75 Å². The summed E-state index contributed by atoms with van der Waals surface area (Å²) in [6.45, 7) is 4.12. The molecule has 1 atom stereocenters. The minimum absolute atomic E-state index is 0.112. The number of nitrogen functional groups attached to an aromatic ring is 1. The maximum atomic E-state index is 12.9. The third kappa shape index (κ3) is 4.48. The lowest BCUT2D eigenvalue weighted by Gasteiger charge is -2.29. The lowest BCUT2D eigenvalue weighted by molar-refractivity contribution is 0.0936. The first-order chi connectivity index (χ1) is 14.1. The molecule has 2 aliphatic heterocycles. The Labute approximate surface area is 172 Å². The van der Waals surface area contributed by atoms with Crippen molar-refractivity contribution in [2.45, 2.75) is 25.3 Å². The molecule has 0 saturated carbocycles. The Morgan fingerprint density at radius 2 is 2.07 bits per heavy atom. The fourth-order valence-corrected chi connectivity index (χ4v) is 4.29. The van der Waals surface area contributed by atoms with Crippen molar-refractivity contribution in [1.82, 2.24) is 10.2 Å². The number of rotatable bonds is 6. The lowest BCUT2D eigenvalue weighted by Crippen LogP contribution is -2.41. The van der Waals surface area contributed by atoms with Gasteiger partial charge in [-0.25, -0.2) is 0 Å². The third-order valence-corrected chi connectivity index (χ3v) is 5.95. The van der Waals surface area contributed by atoms with Gasteiger partial charge in [-0.3, -0.25) is 9.69 Å². The van der Waals surface area contributed by atoms with E-state index in [0.29, 0.717) is 36.2 Å². The van der Waals surface area contributed by atoms with Crippen LogP contribution in [0, 0.1) is 0 Å². The van der Waals surface area contributed by atoms with Crippen molar-refractivity contribution in [3.8, 4) is 5.75 Å². The summed E-state index contributed by atoms with van der Waals surface area (Å²) in [6, 6.07) is 14.5. The zero-order valence-electron chi connectivity index (χ0n) is 17.1. The second-order valence-electron chi connectivity index (χ2n) is 7.96. The van der Waals surface area contributed by atoms with Crippen molar-refractivity contribution < 1.29 is 9.53 Å². The van der Waals surface area contributed by atoms with Gasteiger partial charge in [0.15, 0.2) is 5.75 Å². The maximum absolute atomic E-state index is 12.9. The summed E-state index contributed by atoms with van der Waals surface area (Å²) in [6.07, 6.45) is 3.33. The lowest BCUT2D eigenvalue weighted by atomic mass is 10.1. The number of carbonyl (C=O) groups is 1. The minimum atomic E-state index is -0.112. The number of ether oxygens (including phenoxy) is 1. The summed E-state index contributed by atoms with van der Waals surface area (Å²) in [7, 11) is 1.99.